The van der Waals surface area contributed by atoms with E-state index in [9.17, 15) is 8.42 Å². The molecule has 0 heterocycles. The molecule has 0 aliphatic heterocycles. The van der Waals surface area contributed by atoms with Crippen LogP contribution < -0.4 is 4.83 Å². The first-order valence-electron chi connectivity index (χ1n) is 6.31. The molecule has 0 spiro atoms. The monoisotopic (exact) mass is 278 g/mol. The highest BCUT2D eigenvalue weighted by Crippen LogP contribution is 2.15. The minimum atomic E-state index is -3.56. The number of hydrazone groups is 1. The number of sulfonamides is 1. The summed E-state index contributed by atoms with van der Waals surface area (Å²) in [6.45, 7) is 3.87. The summed E-state index contributed by atoms with van der Waals surface area (Å²) in [6.07, 6.45) is 4.96. The Morgan fingerprint density at radius 1 is 1.16 bits per heavy atom. The maximum atomic E-state index is 12.1. The van der Waals surface area contributed by atoms with Gasteiger partial charge in [0.25, 0.3) is 10.0 Å². The number of hydrogen-bond donors (Lipinski definition) is 1. The molecule has 0 atom stereocenters. The molecular weight excluding hydrogens is 260 g/mol. The molecule has 0 saturated heterocycles. The topological polar surface area (TPSA) is 58.5 Å². The van der Waals surface area contributed by atoms with Crippen molar-refractivity contribution in [3.05, 3.63) is 41.5 Å². The van der Waals surface area contributed by atoms with Gasteiger partial charge >= 0.3 is 0 Å². The summed E-state index contributed by atoms with van der Waals surface area (Å²) < 4.78 is 24.1. The Morgan fingerprint density at radius 2 is 1.84 bits per heavy atom. The molecule has 1 aromatic rings. The molecule has 0 amide bonds. The van der Waals surface area contributed by atoms with Crippen molar-refractivity contribution in [3.8, 4) is 0 Å². The molecule has 0 fully saturated rings. The highest BCUT2D eigenvalue weighted by molar-refractivity contribution is 7.89. The SMILES string of the molecule is CC1=CCCC/C1=N\NS(=O)(=O)c1ccc(C)cc1. The molecule has 1 aromatic carbocycles. The van der Waals surface area contributed by atoms with Gasteiger partial charge < -0.3 is 0 Å². The molecule has 102 valence electrons. The van der Waals surface area contributed by atoms with Crippen LogP contribution in [0.5, 0.6) is 0 Å². The number of rotatable bonds is 3. The Labute approximate surface area is 114 Å². The van der Waals surface area contributed by atoms with Crippen molar-refractivity contribution in [1.82, 2.24) is 4.83 Å². The van der Waals surface area contributed by atoms with Crippen LogP contribution in [0.2, 0.25) is 0 Å². The number of hydrogen-bond acceptors (Lipinski definition) is 3. The molecular formula is C14H18N2O2S. The zero-order valence-corrected chi connectivity index (χ0v) is 12.0. The molecule has 19 heavy (non-hydrogen) atoms. The normalized spacial score (nSPS) is 18.2. The van der Waals surface area contributed by atoms with Gasteiger partial charge in [-0.3, -0.25) is 0 Å². The van der Waals surface area contributed by atoms with Crippen molar-refractivity contribution in [2.75, 3.05) is 0 Å². The summed E-state index contributed by atoms with van der Waals surface area (Å²) in [5.41, 5.74) is 2.90. The van der Waals surface area contributed by atoms with Gasteiger partial charge in [-0.2, -0.15) is 18.4 Å². The van der Waals surface area contributed by atoms with Crippen LogP contribution in [0, 0.1) is 6.92 Å². The fraction of sp³-hybridized carbons (Fsp3) is 0.357. The third-order valence-corrected chi connectivity index (χ3v) is 4.38. The Kier molecular flexibility index (Phi) is 4.04. The highest BCUT2D eigenvalue weighted by atomic mass is 32.2. The summed E-state index contributed by atoms with van der Waals surface area (Å²) in [5.74, 6) is 0. The third-order valence-electron chi connectivity index (χ3n) is 3.16. The smallest absolute Gasteiger partial charge is 0.200 e. The van der Waals surface area contributed by atoms with Crippen LogP contribution in [0.4, 0.5) is 0 Å². The quantitative estimate of drug-likeness (QED) is 0.864. The summed E-state index contributed by atoms with van der Waals surface area (Å²) in [6, 6.07) is 6.71. The lowest BCUT2D eigenvalue weighted by Gasteiger charge is -2.12. The zero-order chi connectivity index (χ0) is 13.9. The Bertz CT molecular complexity index is 613. The van der Waals surface area contributed by atoms with Gasteiger partial charge in [0.05, 0.1) is 10.6 Å². The zero-order valence-electron chi connectivity index (χ0n) is 11.2. The molecule has 4 nitrogen and oxygen atoms in total. The van der Waals surface area contributed by atoms with E-state index in [1.807, 2.05) is 13.8 Å². The van der Waals surface area contributed by atoms with Crippen LogP contribution >= 0.6 is 0 Å². The molecule has 1 aliphatic rings. The van der Waals surface area contributed by atoms with E-state index >= 15 is 0 Å². The molecule has 5 heteroatoms. The van der Waals surface area contributed by atoms with E-state index in [0.717, 1.165) is 36.1 Å². The second kappa shape index (κ2) is 5.57. The molecule has 2 rings (SSSR count). The summed E-state index contributed by atoms with van der Waals surface area (Å²) in [4.78, 5) is 2.55. The largest absolute Gasteiger partial charge is 0.276 e. The lowest BCUT2D eigenvalue weighted by molar-refractivity contribution is 0.584. The van der Waals surface area contributed by atoms with Crippen molar-refractivity contribution >= 4 is 15.7 Å². The summed E-state index contributed by atoms with van der Waals surface area (Å²) in [7, 11) is -3.56. The van der Waals surface area contributed by atoms with Gasteiger partial charge in [0.1, 0.15) is 0 Å². The molecule has 0 saturated carbocycles. The lowest BCUT2D eigenvalue weighted by Crippen LogP contribution is -2.21. The van der Waals surface area contributed by atoms with Crippen LogP contribution in [-0.4, -0.2) is 14.1 Å². The van der Waals surface area contributed by atoms with E-state index < -0.39 is 10.0 Å². The molecule has 0 unspecified atom stereocenters. The van der Waals surface area contributed by atoms with Gasteiger partial charge in [-0.1, -0.05) is 23.8 Å². The third kappa shape index (κ3) is 3.44. The summed E-state index contributed by atoms with van der Waals surface area (Å²) in [5, 5.41) is 4.05. The molecule has 0 aromatic heterocycles. The van der Waals surface area contributed by atoms with E-state index in [-0.39, 0.29) is 4.90 Å². The molecule has 0 bridgehead atoms. The van der Waals surface area contributed by atoms with Gasteiger partial charge in [0.2, 0.25) is 0 Å². The maximum absolute atomic E-state index is 12.1. The molecule has 1 aliphatic carbocycles. The number of nitrogens with one attached hydrogen (secondary N) is 1. The van der Waals surface area contributed by atoms with Gasteiger partial charge in [-0.25, -0.2) is 0 Å². The number of nitrogens with zero attached hydrogens (tertiary/aromatic N) is 1. The first-order valence-corrected chi connectivity index (χ1v) is 7.79. The maximum Gasteiger partial charge on any atom is 0.276 e. The summed E-state index contributed by atoms with van der Waals surface area (Å²) >= 11 is 0. The van der Waals surface area contributed by atoms with Gasteiger partial charge in [0, 0.05) is 0 Å². The first kappa shape index (κ1) is 13.8. The highest BCUT2D eigenvalue weighted by Gasteiger charge is 2.14. The van der Waals surface area contributed by atoms with Crippen LogP contribution in [-0.2, 0) is 10.0 Å². The van der Waals surface area contributed by atoms with Crippen molar-refractivity contribution in [2.45, 2.75) is 38.0 Å². The van der Waals surface area contributed by atoms with E-state index in [0.29, 0.717) is 0 Å². The standard InChI is InChI=1S/C14H18N2O2S/c1-11-7-9-13(10-8-11)19(17,18)16-15-14-6-4-3-5-12(14)2/h5,7-10,16H,3-4,6H2,1-2H3/b15-14+. The average Bonchev–Trinajstić information content (AvgIpc) is 2.38. The van der Waals surface area contributed by atoms with Crippen LogP contribution in [0.3, 0.4) is 0 Å². The van der Waals surface area contributed by atoms with Crippen molar-refractivity contribution < 1.29 is 8.42 Å². The number of aryl methyl sites for hydroxylation is 1. The van der Waals surface area contributed by atoms with E-state index in [1.54, 1.807) is 24.3 Å². The second-order valence-corrected chi connectivity index (χ2v) is 6.41. The minimum Gasteiger partial charge on any atom is -0.200 e. The fourth-order valence-electron chi connectivity index (χ4n) is 1.93. The first-order chi connectivity index (χ1) is 8.99. The van der Waals surface area contributed by atoms with Gasteiger partial charge in [-0.15, -0.1) is 0 Å². The van der Waals surface area contributed by atoms with Crippen LogP contribution in [0.25, 0.3) is 0 Å². The predicted molar refractivity (Wildman–Crippen MR) is 76.5 cm³/mol. The van der Waals surface area contributed by atoms with Crippen LogP contribution in [0.15, 0.2) is 45.9 Å². The Balaban J connectivity index is 2.18. The predicted octanol–water partition coefficient (Wildman–Crippen LogP) is 2.76. The van der Waals surface area contributed by atoms with E-state index in [1.165, 1.54) is 0 Å². The Hall–Kier alpha value is -1.62. The van der Waals surface area contributed by atoms with Crippen molar-refractivity contribution in [1.29, 1.82) is 0 Å². The van der Waals surface area contributed by atoms with Crippen molar-refractivity contribution in [3.63, 3.8) is 0 Å². The molecule has 1 N–H and O–H groups in total. The van der Waals surface area contributed by atoms with Gasteiger partial charge in [-0.05, 0) is 50.8 Å². The van der Waals surface area contributed by atoms with Crippen molar-refractivity contribution in [2.24, 2.45) is 5.10 Å². The molecule has 0 radical (unpaired) electrons. The minimum absolute atomic E-state index is 0.236. The van der Waals surface area contributed by atoms with E-state index in [4.69, 9.17) is 0 Å². The van der Waals surface area contributed by atoms with Crippen LogP contribution in [0.1, 0.15) is 31.7 Å². The number of benzene rings is 1. The van der Waals surface area contributed by atoms with E-state index in [2.05, 4.69) is 16.0 Å². The second-order valence-electron chi connectivity index (χ2n) is 4.75. The average molecular weight is 278 g/mol. The lowest BCUT2D eigenvalue weighted by atomic mass is 9.99. The Morgan fingerprint density at radius 3 is 2.47 bits per heavy atom. The fourth-order valence-corrected chi connectivity index (χ4v) is 2.76. The van der Waals surface area contributed by atoms with Gasteiger partial charge in [0.15, 0.2) is 0 Å². The number of allylic oxidation sites excluding steroid dienone is 2.